The summed E-state index contributed by atoms with van der Waals surface area (Å²) in [6.07, 6.45) is 7.54. The van der Waals surface area contributed by atoms with Gasteiger partial charge in [0.1, 0.15) is 35.0 Å². The van der Waals surface area contributed by atoms with E-state index in [1.54, 1.807) is 19.4 Å². The number of ether oxygens (including phenoxy) is 4. The van der Waals surface area contributed by atoms with Crippen molar-refractivity contribution in [3.05, 3.63) is 35.8 Å². The van der Waals surface area contributed by atoms with Crippen LogP contribution in [-0.4, -0.2) is 101 Å². The summed E-state index contributed by atoms with van der Waals surface area (Å²) in [5.41, 5.74) is 1.20. The molecule has 0 N–H and O–H groups in total. The van der Waals surface area contributed by atoms with E-state index >= 15 is 4.39 Å². The minimum atomic E-state index is -0.578. The number of methoxy groups -OCH3 is 1. The molecule has 0 unspecified atom stereocenters. The number of aromatic nitrogens is 3. The Kier molecular flexibility index (Phi) is 8.36. The number of pyridine rings is 1. The Labute approximate surface area is 275 Å². The molecule has 12 heteroatoms. The minimum absolute atomic E-state index is 0.0155. The molecule has 6 heterocycles. The highest BCUT2D eigenvalue weighted by Gasteiger charge is 2.46. The number of benzene rings is 1. The van der Waals surface area contributed by atoms with E-state index in [4.69, 9.17) is 28.9 Å². The van der Waals surface area contributed by atoms with Gasteiger partial charge in [0.05, 0.1) is 23.0 Å². The van der Waals surface area contributed by atoms with Crippen LogP contribution in [-0.2, 0) is 9.47 Å². The SMILES string of the molecule is COCOc1ccc(C)c(-c2ncc3c(N4C[C@H]5CC[C@@H](C4)N5C(=O)OC(C)(C)C)nc(OCC45CCCN4CCC5)nc3c2F)c1. The summed E-state index contributed by atoms with van der Waals surface area (Å²) in [4.78, 5) is 34.0. The number of aryl methyl sites for hydroxylation is 1. The van der Waals surface area contributed by atoms with Gasteiger partial charge in [-0.25, -0.2) is 9.18 Å². The van der Waals surface area contributed by atoms with Gasteiger partial charge >= 0.3 is 12.1 Å². The first-order valence-corrected chi connectivity index (χ1v) is 16.8. The van der Waals surface area contributed by atoms with Crippen molar-refractivity contribution in [2.24, 2.45) is 0 Å². The molecule has 4 fully saturated rings. The maximum atomic E-state index is 16.7. The topological polar surface area (TPSA) is 102 Å². The molecule has 47 heavy (non-hydrogen) atoms. The van der Waals surface area contributed by atoms with Crippen LogP contribution in [0, 0.1) is 12.7 Å². The van der Waals surface area contributed by atoms with Crippen molar-refractivity contribution in [1.82, 2.24) is 24.8 Å². The van der Waals surface area contributed by atoms with Gasteiger partial charge in [0.25, 0.3) is 0 Å². The molecule has 2 bridgehead atoms. The van der Waals surface area contributed by atoms with Crippen molar-refractivity contribution in [3.63, 3.8) is 0 Å². The Morgan fingerprint density at radius 3 is 2.47 bits per heavy atom. The zero-order valence-electron chi connectivity index (χ0n) is 28.1. The number of amides is 1. The summed E-state index contributed by atoms with van der Waals surface area (Å²) in [6.45, 7) is 11.3. The predicted octanol–water partition coefficient (Wildman–Crippen LogP) is 5.72. The summed E-state index contributed by atoms with van der Waals surface area (Å²) in [6, 6.07) is 5.54. The maximum absolute atomic E-state index is 16.7. The summed E-state index contributed by atoms with van der Waals surface area (Å²) < 4.78 is 39.6. The van der Waals surface area contributed by atoms with Crippen LogP contribution in [0.5, 0.6) is 11.8 Å². The monoisotopic (exact) mass is 648 g/mol. The molecular weight excluding hydrogens is 603 g/mol. The van der Waals surface area contributed by atoms with E-state index in [2.05, 4.69) is 14.8 Å². The fraction of sp³-hybridized carbons (Fsp3) is 0.600. The average Bonchev–Trinajstić information content (AvgIpc) is 3.69. The highest BCUT2D eigenvalue weighted by atomic mass is 19.1. The Bertz CT molecular complexity index is 1640. The van der Waals surface area contributed by atoms with Crippen molar-refractivity contribution in [2.45, 2.75) is 89.4 Å². The van der Waals surface area contributed by atoms with Crippen LogP contribution < -0.4 is 14.4 Å². The molecule has 7 rings (SSSR count). The third-order valence-electron chi connectivity index (χ3n) is 10.1. The van der Waals surface area contributed by atoms with Crippen LogP contribution in [0.4, 0.5) is 15.0 Å². The zero-order chi connectivity index (χ0) is 32.9. The van der Waals surface area contributed by atoms with Gasteiger partial charge in [-0.3, -0.25) is 14.8 Å². The molecule has 11 nitrogen and oxygen atoms in total. The molecule has 252 valence electrons. The molecule has 2 aromatic heterocycles. The first-order chi connectivity index (χ1) is 22.5. The van der Waals surface area contributed by atoms with E-state index in [0.717, 1.165) is 57.2 Å². The van der Waals surface area contributed by atoms with E-state index in [9.17, 15) is 4.79 Å². The van der Waals surface area contributed by atoms with Gasteiger partial charge < -0.3 is 23.8 Å². The first kappa shape index (κ1) is 31.8. The molecule has 4 aliphatic rings. The summed E-state index contributed by atoms with van der Waals surface area (Å²) >= 11 is 0. The number of rotatable bonds is 8. The normalized spacial score (nSPS) is 22.2. The van der Waals surface area contributed by atoms with Crippen LogP contribution >= 0.6 is 0 Å². The van der Waals surface area contributed by atoms with Crippen molar-refractivity contribution in [2.75, 3.05) is 51.6 Å². The van der Waals surface area contributed by atoms with Gasteiger partial charge in [0.15, 0.2) is 12.6 Å². The number of nitrogens with zero attached hydrogens (tertiary/aromatic N) is 6. The van der Waals surface area contributed by atoms with Crippen molar-refractivity contribution >= 4 is 22.8 Å². The minimum Gasteiger partial charge on any atom is -0.468 e. The second kappa shape index (κ2) is 12.4. The maximum Gasteiger partial charge on any atom is 0.410 e. The second-order valence-corrected chi connectivity index (χ2v) is 14.4. The van der Waals surface area contributed by atoms with Crippen molar-refractivity contribution in [1.29, 1.82) is 0 Å². The molecule has 2 atom stereocenters. The molecule has 0 saturated carbocycles. The van der Waals surface area contributed by atoms with Gasteiger partial charge in [-0.2, -0.15) is 9.97 Å². The number of hydrogen-bond donors (Lipinski definition) is 0. The Hall–Kier alpha value is -3.77. The van der Waals surface area contributed by atoms with Crippen LogP contribution in [0.3, 0.4) is 0 Å². The first-order valence-electron chi connectivity index (χ1n) is 16.8. The number of anilines is 1. The molecule has 4 saturated heterocycles. The smallest absolute Gasteiger partial charge is 0.410 e. The van der Waals surface area contributed by atoms with Gasteiger partial charge in [-0.15, -0.1) is 0 Å². The Morgan fingerprint density at radius 2 is 1.79 bits per heavy atom. The Morgan fingerprint density at radius 1 is 1.06 bits per heavy atom. The van der Waals surface area contributed by atoms with E-state index in [0.29, 0.717) is 42.2 Å². The molecule has 3 aromatic rings. The van der Waals surface area contributed by atoms with E-state index < -0.39 is 11.4 Å². The number of carbonyl (C=O) groups excluding carboxylic acids is 1. The summed E-state index contributed by atoms with van der Waals surface area (Å²) in [5.74, 6) is 0.584. The number of fused-ring (bicyclic) bond motifs is 4. The van der Waals surface area contributed by atoms with Gasteiger partial charge in [0, 0.05) is 32.0 Å². The summed E-state index contributed by atoms with van der Waals surface area (Å²) in [7, 11) is 1.55. The number of hydrogen-bond acceptors (Lipinski definition) is 10. The largest absolute Gasteiger partial charge is 0.468 e. The van der Waals surface area contributed by atoms with Crippen LogP contribution in [0.2, 0.25) is 0 Å². The number of halogens is 1. The standard InChI is InChI=1S/C35H45FN6O5/c1-22-8-11-25(46-21-44-5)16-26(22)29-28(36)30-27(17-37-29)31(39-32(38-30)45-20-35-12-6-14-41(35)15-7-13-35)40-18-23-9-10-24(19-40)42(23)33(43)47-34(2,3)4/h8,11,16-17,23-24H,6-7,9-10,12-15,18-21H2,1-5H3/t23-,24+. The second-order valence-electron chi connectivity index (χ2n) is 14.4. The lowest BCUT2D eigenvalue weighted by Crippen LogP contribution is -2.57. The molecule has 0 radical (unpaired) electrons. The average molecular weight is 649 g/mol. The zero-order valence-corrected chi connectivity index (χ0v) is 28.1. The lowest BCUT2D eigenvalue weighted by Gasteiger charge is -2.42. The van der Waals surface area contributed by atoms with Crippen molar-refractivity contribution in [3.8, 4) is 23.0 Å². The molecule has 4 aliphatic heterocycles. The quantitative estimate of drug-likeness (QED) is 0.282. The number of carbonyl (C=O) groups is 1. The van der Waals surface area contributed by atoms with Crippen LogP contribution in [0.25, 0.3) is 22.2 Å². The van der Waals surface area contributed by atoms with E-state index in [1.807, 2.05) is 44.7 Å². The van der Waals surface area contributed by atoms with Crippen molar-refractivity contribution < 1.29 is 28.1 Å². The van der Waals surface area contributed by atoms with E-state index in [1.165, 1.54) is 0 Å². The van der Waals surface area contributed by atoms with Gasteiger partial charge in [0.2, 0.25) is 0 Å². The third kappa shape index (κ3) is 6.06. The highest BCUT2D eigenvalue weighted by Crippen LogP contribution is 2.41. The number of piperazine rings is 1. The third-order valence-corrected chi connectivity index (χ3v) is 10.1. The van der Waals surface area contributed by atoms with Gasteiger partial charge in [-0.05, 0) is 97.0 Å². The summed E-state index contributed by atoms with van der Waals surface area (Å²) in [5, 5.41) is 0.509. The lowest BCUT2D eigenvalue weighted by molar-refractivity contribution is 0.0122. The molecule has 1 aromatic carbocycles. The molecule has 0 aliphatic carbocycles. The van der Waals surface area contributed by atoms with Crippen LogP contribution in [0.1, 0.15) is 64.9 Å². The predicted molar refractivity (Wildman–Crippen MR) is 175 cm³/mol. The van der Waals surface area contributed by atoms with Gasteiger partial charge in [-0.1, -0.05) is 6.07 Å². The fourth-order valence-electron chi connectivity index (χ4n) is 7.94. The Balaban J connectivity index is 1.26. The molecule has 1 amide bonds. The van der Waals surface area contributed by atoms with Crippen LogP contribution in [0.15, 0.2) is 24.4 Å². The lowest BCUT2D eigenvalue weighted by atomic mass is 9.95. The molecule has 0 spiro atoms. The fourth-order valence-corrected chi connectivity index (χ4v) is 7.94. The highest BCUT2D eigenvalue weighted by molar-refractivity contribution is 5.92. The molecular formula is C35H45FN6O5. The van der Waals surface area contributed by atoms with E-state index in [-0.39, 0.29) is 47.7 Å².